The number of carbonyl (C=O) groups excluding carboxylic acids is 2. The van der Waals surface area contributed by atoms with Gasteiger partial charge in [-0.2, -0.15) is 5.26 Å². The van der Waals surface area contributed by atoms with Crippen molar-refractivity contribution in [1.29, 1.82) is 5.26 Å². The third-order valence-corrected chi connectivity index (χ3v) is 3.83. The molecule has 0 heterocycles. The molecule has 0 unspecified atom stereocenters. The molecule has 0 N–H and O–H groups in total. The standard InChI is InChI=1S/C12H13ClO2.C12H11NO2/c1-3-15-12(14)9(2)8-10-4-6-11(13)7-5-10;1-2-15-12(14)11(9-13)8-10-6-4-3-5-7-10/h4-8H,3H2,1-2H3;3-8H,2H2,1H3/b9-8-;11-8-. The lowest BCUT2D eigenvalue weighted by Gasteiger charge is -2.01. The predicted molar refractivity (Wildman–Crippen MR) is 118 cm³/mol. The number of nitrogens with zero attached hydrogens (tertiary/aromatic N) is 1. The molecule has 156 valence electrons. The van der Waals surface area contributed by atoms with Crippen molar-refractivity contribution in [3.05, 3.63) is 81.9 Å². The zero-order chi connectivity index (χ0) is 22.4. The van der Waals surface area contributed by atoms with Gasteiger partial charge in [-0.1, -0.05) is 54.1 Å². The van der Waals surface area contributed by atoms with Crippen molar-refractivity contribution >= 4 is 35.7 Å². The fourth-order valence-electron chi connectivity index (χ4n) is 2.17. The van der Waals surface area contributed by atoms with Gasteiger partial charge >= 0.3 is 11.9 Å². The SMILES string of the molecule is CCOC(=O)/C(C#N)=C\c1ccccc1.CCOC(=O)/C(C)=C\c1ccc(Cl)cc1. The molecule has 5 nitrogen and oxygen atoms in total. The summed E-state index contributed by atoms with van der Waals surface area (Å²) in [5, 5.41) is 9.45. The molecule has 6 heteroatoms. The van der Waals surface area contributed by atoms with Gasteiger partial charge in [-0.05, 0) is 56.2 Å². The number of halogens is 1. The van der Waals surface area contributed by atoms with Gasteiger partial charge in [-0.25, -0.2) is 9.59 Å². The third kappa shape index (κ3) is 9.22. The van der Waals surface area contributed by atoms with Crippen molar-refractivity contribution in [3.63, 3.8) is 0 Å². The lowest BCUT2D eigenvalue weighted by Crippen LogP contribution is -2.05. The number of hydrogen-bond acceptors (Lipinski definition) is 5. The zero-order valence-corrected chi connectivity index (χ0v) is 18.0. The van der Waals surface area contributed by atoms with Gasteiger partial charge in [0.25, 0.3) is 0 Å². The highest BCUT2D eigenvalue weighted by atomic mass is 35.5. The molecule has 0 bridgehead atoms. The van der Waals surface area contributed by atoms with Crippen LogP contribution in [0.15, 0.2) is 65.7 Å². The quantitative estimate of drug-likeness (QED) is 0.348. The fourth-order valence-corrected chi connectivity index (χ4v) is 2.30. The fraction of sp³-hybridized carbons (Fsp3) is 0.208. The molecule has 0 aliphatic rings. The van der Waals surface area contributed by atoms with Crippen LogP contribution < -0.4 is 0 Å². The first-order chi connectivity index (χ1) is 14.4. The van der Waals surface area contributed by atoms with Gasteiger partial charge < -0.3 is 9.47 Å². The highest BCUT2D eigenvalue weighted by Crippen LogP contribution is 2.13. The summed E-state index contributed by atoms with van der Waals surface area (Å²) in [5.74, 6) is -0.865. The van der Waals surface area contributed by atoms with Crippen LogP contribution in [0.5, 0.6) is 0 Å². The van der Waals surface area contributed by atoms with Crippen molar-refractivity contribution in [2.45, 2.75) is 20.8 Å². The minimum absolute atomic E-state index is 0.0167. The van der Waals surface area contributed by atoms with Crippen LogP contribution in [0.1, 0.15) is 31.9 Å². The minimum atomic E-state index is -0.580. The lowest BCUT2D eigenvalue weighted by atomic mass is 10.1. The first kappa shape index (κ1) is 24.7. The Hall–Kier alpha value is -3.36. The van der Waals surface area contributed by atoms with Gasteiger partial charge in [-0.3, -0.25) is 0 Å². The maximum absolute atomic E-state index is 11.3. The van der Waals surface area contributed by atoms with Gasteiger partial charge in [0.2, 0.25) is 0 Å². The molecular weight excluding hydrogens is 402 g/mol. The van der Waals surface area contributed by atoms with Crippen LogP contribution in [0.2, 0.25) is 5.02 Å². The number of esters is 2. The highest BCUT2D eigenvalue weighted by Gasteiger charge is 2.09. The monoisotopic (exact) mass is 425 g/mol. The molecule has 0 aliphatic heterocycles. The molecule has 30 heavy (non-hydrogen) atoms. The average Bonchev–Trinajstić information content (AvgIpc) is 2.75. The molecule has 2 rings (SSSR count). The molecule has 0 aromatic heterocycles. The topological polar surface area (TPSA) is 76.4 Å². The maximum Gasteiger partial charge on any atom is 0.348 e. The Morgan fingerprint density at radius 3 is 1.97 bits per heavy atom. The number of carbonyl (C=O) groups is 2. The van der Waals surface area contributed by atoms with Crippen LogP contribution >= 0.6 is 11.6 Å². The van der Waals surface area contributed by atoms with Gasteiger partial charge in [0.1, 0.15) is 11.6 Å². The Kier molecular flexibility index (Phi) is 11.3. The second kappa shape index (κ2) is 13.8. The van der Waals surface area contributed by atoms with Crippen molar-refractivity contribution in [1.82, 2.24) is 0 Å². The molecule has 0 spiro atoms. The van der Waals surface area contributed by atoms with E-state index in [1.54, 1.807) is 39.0 Å². The van der Waals surface area contributed by atoms with Crippen LogP contribution in [0.4, 0.5) is 0 Å². The zero-order valence-electron chi connectivity index (χ0n) is 17.2. The summed E-state index contributed by atoms with van der Waals surface area (Å²) in [6.45, 7) is 5.88. The van der Waals surface area contributed by atoms with Gasteiger partial charge in [0.15, 0.2) is 0 Å². The van der Waals surface area contributed by atoms with Gasteiger partial charge in [-0.15, -0.1) is 0 Å². The van der Waals surface area contributed by atoms with Crippen LogP contribution in [-0.2, 0) is 19.1 Å². The Labute approximate surface area is 182 Å². The van der Waals surface area contributed by atoms with E-state index in [4.69, 9.17) is 26.3 Å². The summed E-state index contributed by atoms with van der Waals surface area (Å²) in [5.41, 5.74) is 2.34. The summed E-state index contributed by atoms with van der Waals surface area (Å²) in [6, 6.07) is 18.3. The molecule has 0 radical (unpaired) electrons. The molecule has 0 fully saturated rings. The average molecular weight is 426 g/mol. The number of rotatable bonds is 6. The van der Waals surface area contributed by atoms with Crippen molar-refractivity contribution in [2.24, 2.45) is 0 Å². The Morgan fingerprint density at radius 2 is 1.43 bits per heavy atom. The van der Waals surface area contributed by atoms with Crippen molar-refractivity contribution in [2.75, 3.05) is 13.2 Å². The van der Waals surface area contributed by atoms with Crippen LogP contribution in [0, 0.1) is 11.3 Å². The minimum Gasteiger partial charge on any atom is -0.463 e. The van der Waals surface area contributed by atoms with E-state index in [2.05, 4.69) is 0 Å². The Morgan fingerprint density at radius 1 is 0.900 bits per heavy atom. The van der Waals surface area contributed by atoms with E-state index in [1.165, 1.54) is 6.08 Å². The molecule has 2 aromatic rings. The summed E-state index contributed by atoms with van der Waals surface area (Å²) in [4.78, 5) is 22.6. The van der Waals surface area contributed by atoms with E-state index in [0.717, 1.165) is 11.1 Å². The van der Waals surface area contributed by atoms with Gasteiger partial charge in [0, 0.05) is 10.6 Å². The second-order valence-electron chi connectivity index (χ2n) is 5.90. The van der Waals surface area contributed by atoms with E-state index >= 15 is 0 Å². The van der Waals surface area contributed by atoms with E-state index in [1.807, 2.05) is 48.5 Å². The summed E-state index contributed by atoms with van der Waals surface area (Å²) >= 11 is 5.75. The largest absolute Gasteiger partial charge is 0.463 e. The number of benzene rings is 2. The number of nitriles is 1. The highest BCUT2D eigenvalue weighted by molar-refractivity contribution is 6.30. The number of hydrogen-bond donors (Lipinski definition) is 0. The molecule has 0 saturated carbocycles. The van der Waals surface area contributed by atoms with E-state index in [-0.39, 0.29) is 18.1 Å². The molecule has 0 saturated heterocycles. The maximum atomic E-state index is 11.3. The smallest absolute Gasteiger partial charge is 0.348 e. The summed E-state index contributed by atoms with van der Waals surface area (Å²) in [7, 11) is 0. The van der Waals surface area contributed by atoms with Crippen LogP contribution in [0.3, 0.4) is 0 Å². The Bertz CT molecular complexity index is 926. The normalized spacial score (nSPS) is 10.9. The van der Waals surface area contributed by atoms with Crippen LogP contribution in [0.25, 0.3) is 12.2 Å². The Balaban J connectivity index is 0.000000300. The molecule has 0 aliphatic carbocycles. The first-order valence-corrected chi connectivity index (χ1v) is 9.74. The second-order valence-corrected chi connectivity index (χ2v) is 6.34. The first-order valence-electron chi connectivity index (χ1n) is 9.36. The lowest BCUT2D eigenvalue weighted by molar-refractivity contribution is -0.139. The van der Waals surface area contributed by atoms with E-state index < -0.39 is 5.97 Å². The molecule has 2 aromatic carbocycles. The summed E-state index contributed by atoms with van der Waals surface area (Å²) in [6.07, 6.45) is 3.28. The molecular formula is C24H24ClNO4. The molecule has 0 atom stereocenters. The van der Waals surface area contributed by atoms with E-state index in [0.29, 0.717) is 17.2 Å². The third-order valence-electron chi connectivity index (χ3n) is 3.58. The number of ether oxygens (including phenoxy) is 2. The predicted octanol–water partition coefficient (Wildman–Crippen LogP) is 5.46. The van der Waals surface area contributed by atoms with E-state index in [9.17, 15) is 9.59 Å². The van der Waals surface area contributed by atoms with Crippen LogP contribution in [-0.4, -0.2) is 25.2 Å². The van der Waals surface area contributed by atoms with Gasteiger partial charge in [0.05, 0.1) is 13.2 Å². The summed E-state index contributed by atoms with van der Waals surface area (Å²) < 4.78 is 9.60. The molecule has 0 amide bonds. The van der Waals surface area contributed by atoms with Crippen molar-refractivity contribution in [3.8, 4) is 6.07 Å². The van der Waals surface area contributed by atoms with Crippen molar-refractivity contribution < 1.29 is 19.1 Å².